The van der Waals surface area contributed by atoms with Gasteiger partial charge in [0.2, 0.25) is 17.6 Å². The van der Waals surface area contributed by atoms with Crippen LogP contribution in [-0.2, 0) is 11.3 Å². The molecule has 5 heterocycles. The van der Waals surface area contributed by atoms with Crippen molar-refractivity contribution in [1.29, 1.82) is 0 Å². The van der Waals surface area contributed by atoms with Crippen molar-refractivity contribution >= 4 is 28.7 Å². The number of morpholine rings is 1. The summed E-state index contributed by atoms with van der Waals surface area (Å²) in [5.41, 5.74) is 2.51. The molecule has 0 bridgehead atoms. The van der Waals surface area contributed by atoms with E-state index in [2.05, 4.69) is 43.5 Å². The van der Waals surface area contributed by atoms with Gasteiger partial charge >= 0.3 is 5.76 Å². The molecule has 4 aromatic heterocycles. The molecule has 2 atom stereocenters. The Morgan fingerprint density at radius 2 is 2.05 bits per heavy atom. The molecule has 1 saturated heterocycles. The van der Waals surface area contributed by atoms with Crippen LogP contribution in [0.4, 0.5) is 5.95 Å². The molecule has 1 aliphatic carbocycles. The van der Waals surface area contributed by atoms with Crippen LogP contribution >= 0.6 is 11.6 Å². The second kappa shape index (κ2) is 11.5. The molecular weight excluding hydrogens is 544 g/mol. The van der Waals surface area contributed by atoms with Gasteiger partial charge in [-0.2, -0.15) is 4.98 Å². The summed E-state index contributed by atoms with van der Waals surface area (Å²) in [6.07, 6.45) is 17.2. The number of H-pyrrole nitrogens is 1. The van der Waals surface area contributed by atoms with E-state index in [4.69, 9.17) is 42.2 Å². The molecular formula is C29H31ClN8O3. The van der Waals surface area contributed by atoms with Gasteiger partial charge in [0.1, 0.15) is 11.2 Å². The van der Waals surface area contributed by atoms with Crippen molar-refractivity contribution in [2.24, 2.45) is 11.8 Å². The zero-order valence-electron chi connectivity index (χ0n) is 23.0. The average molecular weight is 575 g/mol. The molecule has 0 amide bonds. The number of terminal acetylenes is 1. The molecule has 0 spiro atoms. The number of nitrogens with one attached hydrogen (secondary N) is 1. The third-order valence-corrected chi connectivity index (χ3v) is 8.14. The Labute approximate surface area is 242 Å². The minimum Gasteiger partial charge on any atom is -0.374 e. The number of pyridine rings is 1. The molecule has 12 heteroatoms. The number of aromatic nitrogens is 7. The van der Waals surface area contributed by atoms with E-state index in [1.54, 1.807) is 18.5 Å². The summed E-state index contributed by atoms with van der Waals surface area (Å²) < 4.78 is 13.0. The predicted molar refractivity (Wildman–Crippen MR) is 155 cm³/mol. The standard InChI is InChI=1S/C29H31ClN8O3/c1-4-6-22-17(3)40-12-11-37(22)28-34-25-24(38(28)16-19-9-7-18(5-2)8-10-19)23(20-13-21(30)15-31-14-20)32-26(33-25)27-35-29(39)41-36-27/h2,4,6,13-15,17-19,22H,7-12,16H2,1,3H3,(H,35,36,39)/b6-4+/t17-,18-,19-,22?/m1/s1. The normalized spacial score (nSPS) is 23.3. The number of halogens is 1. The lowest BCUT2D eigenvalue weighted by molar-refractivity contribution is 0.0344. The summed E-state index contributed by atoms with van der Waals surface area (Å²) in [5.74, 6) is 4.06. The number of hydrogen-bond donors (Lipinski definition) is 1. The van der Waals surface area contributed by atoms with Crippen molar-refractivity contribution in [1.82, 2.24) is 34.6 Å². The van der Waals surface area contributed by atoms with Crippen molar-refractivity contribution in [2.75, 3.05) is 18.1 Å². The van der Waals surface area contributed by atoms with Crippen LogP contribution in [0, 0.1) is 24.2 Å². The van der Waals surface area contributed by atoms with Crippen molar-refractivity contribution in [3.8, 4) is 35.2 Å². The third kappa shape index (κ3) is 5.37. The van der Waals surface area contributed by atoms with Crippen LogP contribution < -0.4 is 10.7 Å². The van der Waals surface area contributed by atoms with Crippen LogP contribution in [0.25, 0.3) is 34.1 Å². The molecule has 1 aliphatic heterocycles. The summed E-state index contributed by atoms with van der Waals surface area (Å²) >= 11 is 6.38. The van der Waals surface area contributed by atoms with Crippen LogP contribution in [0.15, 0.2) is 39.9 Å². The molecule has 1 N–H and O–H groups in total. The molecule has 212 valence electrons. The lowest BCUT2D eigenvalue weighted by Crippen LogP contribution is -2.50. The lowest BCUT2D eigenvalue weighted by Gasteiger charge is -2.39. The van der Waals surface area contributed by atoms with E-state index in [0.29, 0.717) is 46.9 Å². The van der Waals surface area contributed by atoms with Gasteiger partial charge in [-0.15, -0.1) is 12.3 Å². The van der Waals surface area contributed by atoms with E-state index in [1.165, 1.54) is 0 Å². The number of imidazole rings is 1. The smallest absolute Gasteiger partial charge is 0.374 e. The van der Waals surface area contributed by atoms with E-state index >= 15 is 0 Å². The fourth-order valence-corrected chi connectivity index (χ4v) is 6.06. The quantitative estimate of drug-likeness (QED) is 0.261. The van der Waals surface area contributed by atoms with Gasteiger partial charge in [-0.25, -0.2) is 14.8 Å². The maximum Gasteiger partial charge on any atom is 0.439 e. The summed E-state index contributed by atoms with van der Waals surface area (Å²) in [5, 5.41) is 4.29. The van der Waals surface area contributed by atoms with Gasteiger partial charge in [0.15, 0.2) is 5.65 Å². The third-order valence-electron chi connectivity index (χ3n) is 7.94. The van der Waals surface area contributed by atoms with Crippen molar-refractivity contribution in [3.63, 3.8) is 0 Å². The predicted octanol–water partition coefficient (Wildman–Crippen LogP) is 4.49. The maximum absolute atomic E-state index is 11.8. The Morgan fingerprint density at radius 3 is 2.76 bits per heavy atom. The van der Waals surface area contributed by atoms with Gasteiger partial charge < -0.3 is 14.2 Å². The Bertz CT molecular complexity index is 1680. The first-order valence-electron chi connectivity index (χ1n) is 13.9. The second-order valence-electron chi connectivity index (χ2n) is 10.6. The first-order valence-corrected chi connectivity index (χ1v) is 14.3. The number of hydrogen-bond acceptors (Lipinski definition) is 9. The molecule has 1 saturated carbocycles. The zero-order valence-corrected chi connectivity index (χ0v) is 23.7. The summed E-state index contributed by atoms with van der Waals surface area (Å²) in [7, 11) is 0. The Balaban J connectivity index is 1.58. The van der Waals surface area contributed by atoms with Crippen molar-refractivity contribution in [2.45, 2.75) is 58.2 Å². The van der Waals surface area contributed by atoms with Crippen LogP contribution in [0.5, 0.6) is 0 Å². The minimum absolute atomic E-state index is 0.0166. The van der Waals surface area contributed by atoms with Crippen LogP contribution in [0.1, 0.15) is 39.5 Å². The highest BCUT2D eigenvalue weighted by atomic mass is 35.5. The van der Waals surface area contributed by atoms with Gasteiger partial charge in [0, 0.05) is 37.0 Å². The van der Waals surface area contributed by atoms with E-state index in [-0.39, 0.29) is 23.8 Å². The number of rotatable bonds is 6. The number of aromatic amines is 1. The number of nitrogens with zero attached hydrogens (tertiary/aromatic N) is 7. The molecule has 0 aromatic carbocycles. The van der Waals surface area contributed by atoms with Crippen molar-refractivity contribution in [3.05, 3.63) is 46.2 Å². The lowest BCUT2D eigenvalue weighted by atomic mass is 9.82. The fourth-order valence-electron chi connectivity index (χ4n) is 5.89. The molecule has 1 unspecified atom stereocenters. The van der Waals surface area contributed by atoms with E-state index in [0.717, 1.165) is 43.7 Å². The first-order chi connectivity index (χ1) is 19.9. The molecule has 4 aromatic rings. The maximum atomic E-state index is 11.8. The van der Waals surface area contributed by atoms with E-state index in [1.807, 2.05) is 13.0 Å². The van der Waals surface area contributed by atoms with Crippen LogP contribution in [0.2, 0.25) is 5.02 Å². The highest BCUT2D eigenvalue weighted by molar-refractivity contribution is 6.30. The van der Waals surface area contributed by atoms with Crippen LogP contribution in [0.3, 0.4) is 0 Å². The summed E-state index contributed by atoms with van der Waals surface area (Å²) in [4.78, 5) is 35.6. The number of allylic oxidation sites excluding steroid dienone is 1. The average Bonchev–Trinajstić information content (AvgIpc) is 3.57. The minimum atomic E-state index is -0.694. The highest BCUT2D eigenvalue weighted by Gasteiger charge is 2.33. The summed E-state index contributed by atoms with van der Waals surface area (Å²) in [6.45, 7) is 6.05. The van der Waals surface area contributed by atoms with E-state index < -0.39 is 5.76 Å². The van der Waals surface area contributed by atoms with Gasteiger partial charge in [0.05, 0.1) is 23.8 Å². The molecule has 6 rings (SSSR count). The highest BCUT2D eigenvalue weighted by Crippen LogP contribution is 2.37. The number of ether oxygens (including phenoxy) is 1. The van der Waals surface area contributed by atoms with Gasteiger partial charge in [-0.1, -0.05) is 28.9 Å². The zero-order chi connectivity index (χ0) is 28.5. The molecule has 2 fully saturated rings. The number of fused-ring (bicyclic) bond motifs is 1. The van der Waals surface area contributed by atoms with Gasteiger partial charge in [-0.3, -0.25) is 14.5 Å². The number of anilines is 1. The molecule has 11 nitrogen and oxygen atoms in total. The molecule has 0 radical (unpaired) electrons. The van der Waals surface area contributed by atoms with Crippen LogP contribution in [-0.4, -0.2) is 59.9 Å². The summed E-state index contributed by atoms with van der Waals surface area (Å²) in [6, 6.07) is 1.79. The Hall–Kier alpha value is -4.01. The Kier molecular flexibility index (Phi) is 7.60. The topological polar surface area (TPSA) is 128 Å². The van der Waals surface area contributed by atoms with Gasteiger partial charge in [0.25, 0.3) is 0 Å². The SMILES string of the molecule is C#C[C@H]1CC[C@H](Cn2c(N3CCO[C@H](C)C3/C=C/C)nc3nc(-c4noc(=O)[nH]4)nc(-c4cncc(Cl)c4)c32)CC1. The monoisotopic (exact) mass is 574 g/mol. The largest absolute Gasteiger partial charge is 0.439 e. The molecule has 2 aliphatic rings. The second-order valence-corrected chi connectivity index (χ2v) is 11.0. The van der Waals surface area contributed by atoms with Gasteiger partial charge in [-0.05, 0) is 51.5 Å². The Morgan fingerprint density at radius 1 is 1.22 bits per heavy atom. The molecule has 41 heavy (non-hydrogen) atoms. The van der Waals surface area contributed by atoms with E-state index in [9.17, 15) is 4.79 Å². The van der Waals surface area contributed by atoms with Crippen molar-refractivity contribution < 1.29 is 9.26 Å². The first kappa shape index (κ1) is 27.2. The fraction of sp³-hybridized carbons (Fsp3) is 0.448.